The Balaban J connectivity index is 1.67. The maximum absolute atomic E-state index is 13.1. The highest BCUT2D eigenvalue weighted by molar-refractivity contribution is 5.97. The van der Waals surface area contributed by atoms with Crippen molar-refractivity contribution in [3.8, 4) is 0 Å². The van der Waals surface area contributed by atoms with Gasteiger partial charge in [0.05, 0.1) is 6.04 Å². The van der Waals surface area contributed by atoms with Crippen LogP contribution in [-0.4, -0.2) is 41.1 Å². The number of hydrogen-bond acceptors (Lipinski definition) is 3. The average Bonchev–Trinajstić information content (AvgIpc) is 3.28. The van der Waals surface area contributed by atoms with E-state index in [1.54, 1.807) is 17.9 Å². The second-order valence-corrected chi connectivity index (χ2v) is 8.64. The van der Waals surface area contributed by atoms with Crippen molar-refractivity contribution < 1.29 is 14.4 Å². The van der Waals surface area contributed by atoms with E-state index in [9.17, 15) is 14.4 Å². The summed E-state index contributed by atoms with van der Waals surface area (Å²) in [6.07, 6.45) is 4.80. The van der Waals surface area contributed by atoms with Crippen LogP contribution in [0.1, 0.15) is 44.7 Å². The number of carbonyl (C=O) groups excluding carboxylic acids is 3. The quantitative estimate of drug-likeness (QED) is 0.737. The van der Waals surface area contributed by atoms with Gasteiger partial charge in [0.25, 0.3) is 0 Å². The Hall–Kier alpha value is -2.43. The van der Waals surface area contributed by atoms with Crippen LogP contribution >= 0.6 is 0 Å². The standard InChI is InChI=1S/C23H30N2O3/c1-14(2)11-20(23(28)25-13-18-12-19(18)22(25)16(4)26)24-21(27)10-9-17-7-5-15(3)6-8-17/h5-10,14,18-20,22H,11-13H2,1-4H3,(H,24,27). The Morgan fingerprint density at radius 3 is 2.50 bits per heavy atom. The van der Waals surface area contributed by atoms with E-state index in [-0.39, 0.29) is 29.6 Å². The second kappa shape index (κ2) is 8.29. The van der Waals surface area contributed by atoms with Gasteiger partial charge in [0.15, 0.2) is 5.78 Å². The number of amides is 2. The zero-order valence-corrected chi connectivity index (χ0v) is 17.1. The average molecular weight is 383 g/mol. The molecular weight excluding hydrogens is 352 g/mol. The van der Waals surface area contributed by atoms with E-state index in [4.69, 9.17) is 0 Å². The van der Waals surface area contributed by atoms with Crippen LogP contribution in [0, 0.1) is 24.7 Å². The molecule has 0 bridgehead atoms. The molecular formula is C23H30N2O3. The molecule has 1 aromatic carbocycles. The Morgan fingerprint density at radius 2 is 1.89 bits per heavy atom. The normalized spacial score (nSPS) is 24.3. The molecule has 2 fully saturated rings. The minimum atomic E-state index is -0.602. The van der Waals surface area contributed by atoms with Crippen LogP contribution in [-0.2, 0) is 14.4 Å². The van der Waals surface area contributed by atoms with E-state index in [1.807, 2.05) is 45.0 Å². The van der Waals surface area contributed by atoms with Crippen LogP contribution in [0.3, 0.4) is 0 Å². The fourth-order valence-corrected chi connectivity index (χ4v) is 4.18. The molecule has 5 heteroatoms. The fourth-order valence-electron chi connectivity index (χ4n) is 4.18. The molecule has 0 aromatic heterocycles. The van der Waals surface area contributed by atoms with Crippen molar-refractivity contribution in [1.82, 2.24) is 10.2 Å². The zero-order valence-electron chi connectivity index (χ0n) is 17.1. The number of carbonyl (C=O) groups is 3. The monoisotopic (exact) mass is 382 g/mol. The van der Waals surface area contributed by atoms with Crippen LogP contribution in [0.2, 0.25) is 0 Å². The molecule has 28 heavy (non-hydrogen) atoms. The van der Waals surface area contributed by atoms with Gasteiger partial charge in [-0.25, -0.2) is 0 Å². The van der Waals surface area contributed by atoms with Crippen molar-refractivity contribution in [2.75, 3.05) is 6.54 Å². The first-order chi connectivity index (χ1) is 13.3. The molecule has 5 nitrogen and oxygen atoms in total. The summed E-state index contributed by atoms with van der Waals surface area (Å²) in [6.45, 7) is 8.26. The molecule has 1 heterocycles. The first kappa shape index (κ1) is 20.3. The number of benzene rings is 1. The van der Waals surface area contributed by atoms with Crippen molar-refractivity contribution in [3.05, 3.63) is 41.5 Å². The number of hydrogen-bond donors (Lipinski definition) is 1. The Morgan fingerprint density at radius 1 is 1.21 bits per heavy atom. The lowest BCUT2D eigenvalue weighted by Crippen LogP contribution is -2.52. The van der Waals surface area contributed by atoms with Crippen LogP contribution in [0.5, 0.6) is 0 Å². The van der Waals surface area contributed by atoms with Crippen molar-refractivity contribution in [2.24, 2.45) is 17.8 Å². The number of nitrogens with one attached hydrogen (secondary N) is 1. The number of Topliss-reactive ketones (excluding diaryl/α,β-unsaturated/α-hetero) is 1. The zero-order chi connectivity index (χ0) is 20.4. The number of fused-ring (bicyclic) bond motifs is 1. The summed E-state index contributed by atoms with van der Waals surface area (Å²) in [5, 5.41) is 2.87. The summed E-state index contributed by atoms with van der Waals surface area (Å²) in [7, 11) is 0. The van der Waals surface area contributed by atoms with Gasteiger partial charge < -0.3 is 10.2 Å². The van der Waals surface area contributed by atoms with Gasteiger partial charge in [-0.05, 0) is 56.1 Å². The highest BCUT2D eigenvalue weighted by Gasteiger charge is 2.56. The molecule has 4 atom stereocenters. The first-order valence-corrected chi connectivity index (χ1v) is 10.1. The van der Waals surface area contributed by atoms with E-state index < -0.39 is 6.04 Å². The molecule has 2 aliphatic rings. The summed E-state index contributed by atoms with van der Waals surface area (Å²) in [6, 6.07) is 6.96. The van der Waals surface area contributed by atoms with Crippen LogP contribution < -0.4 is 5.32 Å². The Kier molecular flexibility index (Phi) is 6.01. The van der Waals surface area contributed by atoms with Gasteiger partial charge in [0.2, 0.25) is 11.8 Å². The van der Waals surface area contributed by atoms with Crippen LogP contribution in [0.25, 0.3) is 6.08 Å². The maximum atomic E-state index is 13.1. The molecule has 4 unspecified atom stereocenters. The lowest BCUT2D eigenvalue weighted by atomic mass is 10.0. The van der Waals surface area contributed by atoms with Crippen LogP contribution in [0.4, 0.5) is 0 Å². The lowest BCUT2D eigenvalue weighted by Gasteiger charge is -2.30. The summed E-state index contributed by atoms with van der Waals surface area (Å²) >= 11 is 0. The third-order valence-corrected chi connectivity index (χ3v) is 5.68. The number of piperidine rings is 1. The summed E-state index contributed by atoms with van der Waals surface area (Å²) < 4.78 is 0. The van der Waals surface area contributed by atoms with E-state index in [0.717, 1.165) is 17.5 Å². The van der Waals surface area contributed by atoms with E-state index in [1.165, 1.54) is 6.08 Å². The Labute approximate surface area is 167 Å². The van der Waals surface area contributed by atoms with Crippen molar-refractivity contribution in [3.63, 3.8) is 0 Å². The molecule has 150 valence electrons. The molecule has 1 aliphatic carbocycles. The van der Waals surface area contributed by atoms with Crippen molar-refractivity contribution in [2.45, 2.75) is 52.6 Å². The molecule has 1 N–H and O–H groups in total. The predicted molar refractivity (Wildman–Crippen MR) is 109 cm³/mol. The summed E-state index contributed by atoms with van der Waals surface area (Å²) in [5.74, 6) is 0.657. The lowest BCUT2D eigenvalue weighted by molar-refractivity contribution is -0.141. The number of likely N-dealkylation sites (tertiary alicyclic amines) is 1. The minimum Gasteiger partial charge on any atom is -0.341 e. The van der Waals surface area contributed by atoms with Gasteiger partial charge in [-0.1, -0.05) is 43.7 Å². The third kappa shape index (κ3) is 4.70. The number of aryl methyl sites for hydroxylation is 1. The van der Waals surface area contributed by atoms with Gasteiger partial charge in [0, 0.05) is 12.6 Å². The SMILES string of the molecule is CC(=O)C1C2CC2CN1C(=O)C(CC(C)C)NC(=O)C=Cc1ccc(C)cc1. The molecule has 1 saturated carbocycles. The van der Waals surface area contributed by atoms with Crippen molar-refractivity contribution >= 4 is 23.7 Å². The summed E-state index contributed by atoms with van der Waals surface area (Å²) in [5.41, 5.74) is 2.09. The second-order valence-electron chi connectivity index (χ2n) is 8.64. The molecule has 3 rings (SSSR count). The number of rotatable bonds is 7. The smallest absolute Gasteiger partial charge is 0.245 e. The third-order valence-electron chi connectivity index (χ3n) is 5.68. The molecule has 1 saturated heterocycles. The number of nitrogens with zero attached hydrogens (tertiary/aromatic N) is 1. The van der Waals surface area contributed by atoms with Gasteiger partial charge >= 0.3 is 0 Å². The minimum absolute atomic E-state index is 0.0484. The highest BCUT2D eigenvalue weighted by Crippen LogP contribution is 2.50. The largest absolute Gasteiger partial charge is 0.341 e. The van der Waals surface area contributed by atoms with E-state index in [2.05, 4.69) is 5.32 Å². The van der Waals surface area contributed by atoms with Crippen LogP contribution in [0.15, 0.2) is 30.3 Å². The molecule has 1 aliphatic heterocycles. The molecule has 0 radical (unpaired) electrons. The topological polar surface area (TPSA) is 66.5 Å². The Bertz CT molecular complexity index is 782. The van der Waals surface area contributed by atoms with Crippen molar-refractivity contribution in [1.29, 1.82) is 0 Å². The van der Waals surface area contributed by atoms with Gasteiger partial charge in [-0.3, -0.25) is 14.4 Å². The number of ketones is 1. The highest BCUT2D eigenvalue weighted by atomic mass is 16.2. The fraction of sp³-hybridized carbons (Fsp3) is 0.522. The molecule has 1 aromatic rings. The maximum Gasteiger partial charge on any atom is 0.245 e. The van der Waals surface area contributed by atoms with Gasteiger partial charge in [-0.15, -0.1) is 0 Å². The summed E-state index contributed by atoms with van der Waals surface area (Å²) in [4.78, 5) is 39.4. The van der Waals surface area contributed by atoms with Gasteiger partial charge in [0.1, 0.15) is 6.04 Å². The predicted octanol–water partition coefficient (Wildman–Crippen LogP) is 2.98. The molecule has 2 amide bonds. The molecule has 0 spiro atoms. The van der Waals surface area contributed by atoms with E-state index >= 15 is 0 Å². The van der Waals surface area contributed by atoms with Gasteiger partial charge in [-0.2, -0.15) is 0 Å². The van der Waals surface area contributed by atoms with E-state index in [0.29, 0.717) is 24.8 Å². The first-order valence-electron chi connectivity index (χ1n) is 10.1.